The maximum Gasteiger partial charge on any atom is 0.268 e. The summed E-state index contributed by atoms with van der Waals surface area (Å²) >= 11 is 6.02. The maximum absolute atomic E-state index is 13.5. The summed E-state index contributed by atoms with van der Waals surface area (Å²) in [6.45, 7) is 1.61. The monoisotopic (exact) mass is 454 g/mol. The number of aromatic nitrogens is 1. The van der Waals surface area contributed by atoms with Crippen LogP contribution in [0.2, 0.25) is 5.02 Å². The van der Waals surface area contributed by atoms with Crippen LogP contribution in [-0.2, 0) is 10.0 Å². The Labute approximate surface area is 178 Å². The molecule has 0 aliphatic carbocycles. The minimum atomic E-state index is -4.14. The van der Waals surface area contributed by atoms with E-state index in [1.807, 2.05) is 0 Å². The predicted molar refractivity (Wildman–Crippen MR) is 114 cm³/mol. The molecule has 0 atom stereocenters. The van der Waals surface area contributed by atoms with Gasteiger partial charge >= 0.3 is 0 Å². The molecule has 4 rings (SSSR count). The number of methoxy groups -OCH3 is 1. The van der Waals surface area contributed by atoms with Gasteiger partial charge in [0, 0.05) is 35.3 Å². The number of hydrogen-bond acceptors (Lipinski definition) is 4. The number of alkyl halides is 2. The zero-order valence-electron chi connectivity index (χ0n) is 16.3. The highest BCUT2D eigenvalue weighted by Crippen LogP contribution is 2.36. The molecule has 0 radical (unpaired) electrons. The Morgan fingerprint density at radius 2 is 1.80 bits per heavy atom. The second kappa shape index (κ2) is 8.07. The predicted octanol–water partition coefficient (Wildman–Crippen LogP) is 5.47. The molecular weight excluding hydrogens is 434 g/mol. The normalized spacial score (nSPS) is 15.2. The highest BCUT2D eigenvalue weighted by atomic mass is 35.5. The van der Waals surface area contributed by atoms with Gasteiger partial charge in [-0.2, -0.15) is 0 Å². The van der Waals surface area contributed by atoms with Gasteiger partial charge in [0.1, 0.15) is 5.75 Å². The minimum Gasteiger partial charge on any atom is -0.495 e. The number of piperidine rings is 1. The first-order valence-electron chi connectivity index (χ1n) is 9.60. The third kappa shape index (κ3) is 3.63. The van der Waals surface area contributed by atoms with Crippen LogP contribution in [-0.4, -0.2) is 32.6 Å². The summed E-state index contributed by atoms with van der Waals surface area (Å²) in [7, 11) is -2.60. The minimum absolute atomic E-state index is 0.00145. The first-order valence-corrected chi connectivity index (χ1v) is 11.4. The van der Waals surface area contributed by atoms with Crippen LogP contribution in [0, 0.1) is 0 Å². The molecule has 0 N–H and O–H groups in total. The van der Waals surface area contributed by atoms with Gasteiger partial charge in [-0.05, 0) is 49.6 Å². The smallest absolute Gasteiger partial charge is 0.268 e. The first-order chi connectivity index (χ1) is 14.3. The molecule has 1 fully saturated rings. The van der Waals surface area contributed by atoms with E-state index in [2.05, 4.69) is 4.90 Å². The van der Waals surface area contributed by atoms with Gasteiger partial charge in [-0.1, -0.05) is 17.7 Å². The second-order valence-corrected chi connectivity index (χ2v) is 9.48. The van der Waals surface area contributed by atoms with Crippen molar-refractivity contribution < 1.29 is 21.9 Å². The molecule has 5 nitrogen and oxygen atoms in total. The third-order valence-corrected chi connectivity index (χ3v) is 7.31. The summed E-state index contributed by atoms with van der Waals surface area (Å²) in [4.78, 5) is 2.10. The molecule has 0 unspecified atom stereocenters. The molecule has 2 heterocycles. The number of benzene rings is 2. The van der Waals surface area contributed by atoms with Crippen LogP contribution in [0.3, 0.4) is 0 Å². The highest BCUT2D eigenvalue weighted by Gasteiger charge is 2.26. The van der Waals surface area contributed by atoms with E-state index < -0.39 is 16.4 Å². The summed E-state index contributed by atoms with van der Waals surface area (Å²) in [6, 6.07) is 8.85. The summed E-state index contributed by atoms with van der Waals surface area (Å²) < 4.78 is 60.3. The average Bonchev–Trinajstić information content (AvgIpc) is 3.13. The van der Waals surface area contributed by atoms with Crippen LogP contribution in [0.15, 0.2) is 47.5 Å². The van der Waals surface area contributed by atoms with Crippen LogP contribution in [0.1, 0.15) is 31.3 Å². The molecule has 0 saturated carbocycles. The van der Waals surface area contributed by atoms with Gasteiger partial charge in [-0.15, -0.1) is 0 Å². The van der Waals surface area contributed by atoms with E-state index in [1.165, 1.54) is 31.4 Å². The summed E-state index contributed by atoms with van der Waals surface area (Å²) in [5, 5.41) is 0.421. The van der Waals surface area contributed by atoms with Crippen molar-refractivity contribution in [2.24, 2.45) is 0 Å². The number of fused-ring (bicyclic) bond motifs is 1. The van der Waals surface area contributed by atoms with Gasteiger partial charge in [0.2, 0.25) is 0 Å². The van der Waals surface area contributed by atoms with Crippen LogP contribution in [0.25, 0.3) is 10.9 Å². The fourth-order valence-corrected chi connectivity index (χ4v) is 5.45. The SMILES string of the molecule is COc1ccc(S(=O)(=O)n2cc(C(F)F)c3ccc(Cl)cc32)cc1N1CCCCC1. The molecule has 30 heavy (non-hydrogen) atoms. The third-order valence-electron chi connectivity index (χ3n) is 5.40. The van der Waals surface area contributed by atoms with Crippen LogP contribution < -0.4 is 9.64 Å². The lowest BCUT2D eigenvalue weighted by Gasteiger charge is -2.30. The Bertz CT molecular complexity index is 1190. The Kier molecular flexibility index (Phi) is 5.63. The lowest BCUT2D eigenvalue weighted by molar-refractivity contribution is 0.153. The van der Waals surface area contributed by atoms with Crippen molar-refractivity contribution in [1.82, 2.24) is 3.97 Å². The zero-order valence-corrected chi connectivity index (χ0v) is 17.9. The zero-order chi connectivity index (χ0) is 21.5. The van der Waals surface area contributed by atoms with E-state index in [4.69, 9.17) is 16.3 Å². The van der Waals surface area contributed by atoms with Gasteiger partial charge in [-0.3, -0.25) is 0 Å². The standard InChI is InChI=1S/C21H21ClF2N2O3S/c1-29-20-8-6-15(12-19(20)25-9-3-2-4-10-25)30(27,28)26-13-17(21(23)24)16-7-5-14(22)11-18(16)26/h5-8,11-13,21H,2-4,9-10H2,1H3. The summed E-state index contributed by atoms with van der Waals surface area (Å²) in [6.07, 6.45) is 1.32. The highest BCUT2D eigenvalue weighted by molar-refractivity contribution is 7.90. The van der Waals surface area contributed by atoms with E-state index in [9.17, 15) is 17.2 Å². The molecule has 2 aromatic carbocycles. The van der Waals surface area contributed by atoms with Crippen molar-refractivity contribution in [2.75, 3.05) is 25.1 Å². The van der Waals surface area contributed by atoms with Crippen LogP contribution in [0.4, 0.5) is 14.5 Å². The lowest BCUT2D eigenvalue weighted by Crippen LogP contribution is -2.30. The summed E-state index contributed by atoms with van der Waals surface area (Å²) in [5.74, 6) is 0.574. The van der Waals surface area contributed by atoms with Crippen LogP contribution in [0.5, 0.6) is 5.75 Å². The molecule has 1 aliphatic heterocycles. The van der Waals surface area contributed by atoms with Gasteiger partial charge in [0.15, 0.2) is 0 Å². The van der Waals surface area contributed by atoms with Crippen molar-refractivity contribution in [2.45, 2.75) is 30.6 Å². The lowest BCUT2D eigenvalue weighted by atomic mass is 10.1. The number of anilines is 1. The van der Waals surface area contributed by atoms with E-state index in [1.54, 1.807) is 12.1 Å². The fourth-order valence-electron chi connectivity index (χ4n) is 3.90. The fraction of sp³-hybridized carbons (Fsp3) is 0.333. The van der Waals surface area contributed by atoms with Gasteiger partial charge in [-0.25, -0.2) is 21.2 Å². The number of hydrogen-bond donors (Lipinski definition) is 0. The maximum atomic E-state index is 13.5. The van der Waals surface area contributed by atoms with E-state index >= 15 is 0 Å². The molecule has 0 bridgehead atoms. The van der Waals surface area contributed by atoms with Crippen molar-refractivity contribution in [3.8, 4) is 5.75 Å². The summed E-state index contributed by atoms with van der Waals surface area (Å²) in [5.41, 5.74) is 0.449. The van der Waals surface area contributed by atoms with Gasteiger partial charge in [0.25, 0.3) is 16.4 Å². The van der Waals surface area contributed by atoms with E-state index in [0.717, 1.165) is 42.5 Å². The first kappa shape index (κ1) is 20.9. The number of nitrogens with zero attached hydrogens (tertiary/aromatic N) is 2. The Morgan fingerprint density at radius 1 is 1.07 bits per heavy atom. The second-order valence-electron chi connectivity index (χ2n) is 7.23. The average molecular weight is 455 g/mol. The molecule has 160 valence electrons. The van der Waals surface area contributed by atoms with E-state index in [-0.39, 0.29) is 26.4 Å². The topological polar surface area (TPSA) is 51.5 Å². The van der Waals surface area contributed by atoms with Crippen molar-refractivity contribution in [3.05, 3.63) is 53.2 Å². The molecule has 0 spiro atoms. The molecule has 1 aromatic heterocycles. The molecule has 1 aliphatic rings. The molecule has 3 aromatic rings. The number of ether oxygens (including phenoxy) is 1. The Morgan fingerprint density at radius 3 is 2.47 bits per heavy atom. The van der Waals surface area contributed by atoms with Crippen molar-refractivity contribution in [3.63, 3.8) is 0 Å². The number of rotatable bonds is 5. The number of halogens is 3. The quantitative estimate of drug-likeness (QED) is 0.513. The Hall–Kier alpha value is -2.32. The molecular formula is C21H21ClF2N2O3S. The Balaban J connectivity index is 1.87. The van der Waals surface area contributed by atoms with E-state index in [0.29, 0.717) is 11.4 Å². The molecule has 9 heteroatoms. The molecule has 0 amide bonds. The van der Waals surface area contributed by atoms with Crippen LogP contribution >= 0.6 is 11.6 Å². The van der Waals surface area contributed by atoms with Crippen molar-refractivity contribution >= 4 is 38.2 Å². The van der Waals surface area contributed by atoms with Crippen molar-refractivity contribution in [1.29, 1.82) is 0 Å². The van der Waals surface area contributed by atoms with Gasteiger partial charge < -0.3 is 9.64 Å². The van der Waals surface area contributed by atoms with Gasteiger partial charge in [0.05, 0.1) is 23.2 Å². The largest absolute Gasteiger partial charge is 0.495 e. The molecule has 1 saturated heterocycles.